The van der Waals surface area contributed by atoms with E-state index in [9.17, 15) is 19.8 Å². The second-order valence-electron chi connectivity index (χ2n) is 10.5. The van der Waals surface area contributed by atoms with Crippen molar-refractivity contribution in [2.24, 2.45) is 5.92 Å². The Bertz CT molecular complexity index is 643. The molecular formula is C25H48N4O6. The van der Waals surface area contributed by atoms with Gasteiger partial charge in [-0.25, -0.2) is 0 Å². The number of amides is 2. The highest BCUT2D eigenvalue weighted by Crippen LogP contribution is 2.18. The van der Waals surface area contributed by atoms with Crippen molar-refractivity contribution in [3.05, 3.63) is 0 Å². The van der Waals surface area contributed by atoms with Crippen LogP contribution in [0.4, 0.5) is 0 Å². The van der Waals surface area contributed by atoms with E-state index < -0.39 is 18.3 Å². The number of methoxy groups -OCH3 is 1. The molecule has 2 amide bonds. The van der Waals surface area contributed by atoms with Crippen molar-refractivity contribution in [3.8, 4) is 0 Å². The van der Waals surface area contributed by atoms with Crippen molar-refractivity contribution in [2.75, 3.05) is 79.7 Å². The third-order valence-corrected chi connectivity index (χ3v) is 7.04. The molecule has 2 saturated heterocycles. The van der Waals surface area contributed by atoms with Gasteiger partial charge in [0.2, 0.25) is 11.8 Å². The van der Waals surface area contributed by atoms with Crippen LogP contribution >= 0.6 is 0 Å². The van der Waals surface area contributed by atoms with E-state index in [4.69, 9.17) is 9.47 Å². The summed E-state index contributed by atoms with van der Waals surface area (Å²) in [5.74, 6) is 0.272. The molecule has 0 aromatic carbocycles. The number of rotatable bonds is 5. The molecule has 10 heteroatoms. The maximum atomic E-state index is 13.6. The predicted molar refractivity (Wildman–Crippen MR) is 134 cm³/mol. The highest BCUT2D eigenvalue weighted by molar-refractivity contribution is 5.79. The van der Waals surface area contributed by atoms with Gasteiger partial charge in [0.1, 0.15) is 18.3 Å². The summed E-state index contributed by atoms with van der Waals surface area (Å²) in [7, 11) is 3.56. The highest BCUT2D eigenvalue weighted by atomic mass is 16.5. The number of carbonyl (C=O) groups excluding carboxylic acids is 2. The number of carbonyl (C=O) groups is 2. The fourth-order valence-electron chi connectivity index (χ4n) is 4.81. The van der Waals surface area contributed by atoms with Crippen LogP contribution in [0.1, 0.15) is 40.0 Å². The summed E-state index contributed by atoms with van der Waals surface area (Å²) in [6.07, 6.45) is -0.803. The molecule has 2 heterocycles. The minimum Gasteiger partial charge on any atom is -0.388 e. The largest absolute Gasteiger partial charge is 0.388 e. The lowest BCUT2D eigenvalue weighted by Gasteiger charge is -2.40. The molecule has 0 aromatic rings. The highest BCUT2D eigenvalue weighted by Gasteiger charge is 2.33. The van der Waals surface area contributed by atoms with Gasteiger partial charge in [-0.2, -0.15) is 0 Å². The zero-order valence-corrected chi connectivity index (χ0v) is 22.4. The van der Waals surface area contributed by atoms with Gasteiger partial charge < -0.3 is 34.4 Å². The van der Waals surface area contributed by atoms with Crippen molar-refractivity contribution in [1.29, 1.82) is 0 Å². The molecule has 0 aliphatic carbocycles. The number of hydrogen-bond acceptors (Lipinski definition) is 8. The summed E-state index contributed by atoms with van der Waals surface area (Å²) in [5, 5.41) is 21.0. The molecule has 204 valence electrons. The zero-order chi connectivity index (χ0) is 26.0. The first kappa shape index (κ1) is 29.9. The van der Waals surface area contributed by atoms with Gasteiger partial charge in [-0.15, -0.1) is 0 Å². The summed E-state index contributed by atoms with van der Waals surface area (Å²) in [4.78, 5) is 34.3. The third kappa shape index (κ3) is 9.93. The van der Waals surface area contributed by atoms with Crippen LogP contribution in [0, 0.1) is 5.92 Å². The van der Waals surface area contributed by atoms with Gasteiger partial charge in [0.05, 0.1) is 13.2 Å². The lowest BCUT2D eigenvalue weighted by atomic mass is 10.00. The minimum absolute atomic E-state index is 0.0108. The van der Waals surface area contributed by atoms with Crippen molar-refractivity contribution in [3.63, 3.8) is 0 Å². The van der Waals surface area contributed by atoms with E-state index >= 15 is 0 Å². The number of hydrogen-bond donors (Lipinski definition) is 2. The minimum atomic E-state index is -1.19. The molecule has 0 bridgehead atoms. The summed E-state index contributed by atoms with van der Waals surface area (Å²) in [6.45, 7) is 11.3. The topological polar surface area (TPSA) is 106 Å². The lowest BCUT2D eigenvalue weighted by Crippen LogP contribution is -2.55. The molecule has 0 spiro atoms. The Kier molecular flexibility index (Phi) is 12.9. The summed E-state index contributed by atoms with van der Waals surface area (Å²) >= 11 is 0. The second kappa shape index (κ2) is 15.1. The number of piperazine rings is 1. The van der Waals surface area contributed by atoms with Crippen LogP contribution in [0.2, 0.25) is 0 Å². The number of aliphatic hydroxyl groups is 2. The van der Waals surface area contributed by atoms with Crippen molar-refractivity contribution in [2.45, 2.75) is 64.4 Å². The Morgan fingerprint density at radius 1 is 1.06 bits per heavy atom. The first-order valence-corrected chi connectivity index (χ1v) is 13.0. The van der Waals surface area contributed by atoms with Crippen LogP contribution in [0.15, 0.2) is 0 Å². The first-order valence-electron chi connectivity index (χ1n) is 13.0. The standard InChI is InChI=1S/C25H48N4O6/c1-19(2)14-21-15-28(20(3)30)16-23(34-5)25(33)22(31)18-35-13-7-6-8-29(21)24(32)17-27-11-9-26(4)10-12-27/h19,21-23,25,31,33H,6-18H2,1-5H3/t21-,22+,23+,25+/m0/s1. The van der Waals surface area contributed by atoms with Crippen LogP contribution < -0.4 is 0 Å². The Hall–Kier alpha value is -1.30. The number of aliphatic hydroxyl groups excluding tert-OH is 2. The van der Waals surface area contributed by atoms with Gasteiger partial charge >= 0.3 is 0 Å². The number of ether oxygens (including phenoxy) is 2. The molecular weight excluding hydrogens is 452 g/mol. The summed E-state index contributed by atoms with van der Waals surface area (Å²) in [5.41, 5.74) is 0. The molecule has 0 saturated carbocycles. The summed E-state index contributed by atoms with van der Waals surface area (Å²) in [6, 6.07) is -0.151. The van der Waals surface area contributed by atoms with Gasteiger partial charge in [0.25, 0.3) is 0 Å². The smallest absolute Gasteiger partial charge is 0.237 e. The quantitative estimate of drug-likeness (QED) is 0.538. The number of likely N-dealkylation sites (N-methyl/N-ethyl adjacent to an activating group) is 1. The van der Waals surface area contributed by atoms with Crippen molar-refractivity contribution in [1.82, 2.24) is 19.6 Å². The van der Waals surface area contributed by atoms with Crippen LogP contribution in [-0.4, -0.2) is 146 Å². The maximum absolute atomic E-state index is 13.6. The molecule has 10 nitrogen and oxygen atoms in total. The molecule has 4 atom stereocenters. The fraction of sp³-hybridized carbons (Fsp3) is 0.920. The number of nitrogens with zero attached hydrogens (tertiary/aromatic N) is 4. The van der Waals surface area contributed by atoms with Crippen LogP contribution in [0.3, 0.4) is 0 Å². The molecule has 2 aliphatic heterocycles. The maximum Gasteiger partial charge on any atom is 0.237 e. The van der Waals surface area contributed by atoms with Gasteiger partial charge in [0.15, 0.2) is 0 Å². The first-order chi connectivity index (χ1) is 16.6. The van der Waals surface area contributed by atoms with E-state index in [1.807, 2.05) is 4.90 Å². The Morgan fingerprint density at radius 3 is 2.34 bits per heavy atom. The molecule has 2 fully saturated rings. The van der Waals surface area contributed by atoms with Gasteiger partial charge in [-0.3, -0.25) is 14.5 Å². The van der Waals surface area contributed by atoms with Gasteiger partial charge in [0, 0.05) is 72.5 Å². The zero-order valence-electron chi connectivity index (χ0n) is 22.4. The summed E-state index contributed by atoms with van der Waals surface area (Å²) < 4.78 is 11.0. The second-order valence-corrected chi connectivity index (χ2v) is 10.5. The third-order valence-electron chi connectivity index (χ3n) is 7.04. The average Bonchev–Trinajstić information content (AvgIpc) is 2.80. The molecule has 2 aliphatic rings. The molecule has 2 rings (SSSR count). The molecule has 35 heavy (non-hydrogen) atoms. The van der Waals surface area contributed by atoms with Crippen molar-refractivity contribution >= 4 is 11.8 Å². The Labute approximate surface area is 211 Å². The van der Waals surface area contributed by atoms with Crippen molar-refractivity contribution < 1.29 is 29.3 Å². The normalized spacial score (nSPS) is 29.3. The van der Waals surface area contributed by atoms with E-state index in [0.29, 0.717) is 32.2 Å². The van der Waals surface area contributed by atoms with E-state index in [2.05, 4.69) is 30.7 Å². The van der Waals surface area contributed by atoms with E-state index in [1.165, 1.54) is 14.0 Å². The SMILES string of the molecule is CO[C@@H]1CN(C(C)=O)C[C@H](CC(C)C)N(C(=O)CN2CCN(C)CC2)CCCCOC[C@@H](O)[C@H]1O. The fourth-order valence-corrected chi connectivity index (χ4v) is 4.81. The molecule has 2 N–H and O–H groups in total. The van der Waals surface area contributed by atoms with E-state index in [1.54, 1.807) is 4.90 Å². The molecule has 0 radical (unpaired) electrons. The van der Waals surface area contributed by atoms with Gasteiger partial charge in [-0.05, 0) is 32.2 Å². The van der Waals surface area contributed by atoms with Crippen LogP contribution in [0.25, 0.3) is 0 Å². The van der Waals surface area contributed by atoms with E-state index in [0.717, 1.165) is 45.4 Å². The monoisotopic (exact) mass is 500 g/mol. The van der Waals surface area contributed by atoms with Gasteiger partial charge in [-0.1, -0.05) is 13.8 Å². The molecule has 0 aromatic heterocycles. The average molecular weight is 501 g/mol. The Morgan fingerprint density at radius 2 is 1.74 bits per heavy atom. The predicted octanol–water partition coefficient (Wildman–Crippen LogP) is -0.127. The van der Waals surface area contributed by atoms with Crippen LogP contribution in [0.5, 0.6) is 0 Å². The molecule has 0 unspecified atom stereocenters. The Balaban J connectivity index is 2.27. The van der Waals surface area contributed by atoms with E-state index in [-0.39, 0.29) is 31.0 Å². The lowest BCUT2D eigenvalue weighted by molar-refractivity contribution is -0.143. The van der Waals surface area contributed by atoms with Crippen LogP contribution in [-0.2, 0) is 19.1 Å².